The number of anilines is 2. The highest BCUT2D eigenvalue weighted by atomic mass is 32.1. The fraction of sp³-hybridized carbons (Fsp3) is 0.286. The SMILES string of the molecule is CCc1cnc(C(C)Nc2ccc(N)c(C(N)=O)c2)s1. The van der Waals surface area contributed by atoms with E-state index in [-0.39, 0.29) is 6.04 Å². The highest BCUT2D eigenvalue weighted by molar-refractivity contribution is 7.11. The molecule has 1 aromatic heterocycles. The van der Waals surface area contributed by atoms with Crippen LogP contribution in [0, 0.1) is 0 Å². The summed E-state index contributed by atoms with van der Waals surface area (Å²) < 4.78 is 0. The Hall–Kier alpha value is -2.08. The topological polar surface area (TPSA) is 94.0 Å². The number of carbonyl (C=O) groups is 1. The number of nitrogens with two attached hydrogens (primary N) is 2. The minimum atomic E-state index is -0.527. The Kier molecular flexibility index (Phi) is 4.24. The number of thiazole rings is 1. The molecule has 0 bridgehead atoms. The summed E-state index contributed by atoms with van der Waals surface area (Å²) in [5.41, 5.74) is 12.5. The number of aromatic nitrogens is 1. The number of nitrogens with one attached hydrogen (secondary N) is 1. The van der Waals surface area contributed by atoms with Crippen molar-refractivity contribution >= 4 is 28.6 Å². The van der Waals surface area contributed by atoms with Crippen LogP contribution in [0.25, 0.3) is 0 Å². The van der Waals surface area contributed by atoms with Gasteiger partial charge in [-0.1, -0.05) is 6.92 Å². The Balaban J connectivity index is 2.17. The van der Waals surface area contributed by atoms with Crippen LogP contribution in [0.5, 0.6) is 0 Å². The van der Waals surface area contributed by atoms with Crippen molar-refractivity contribution in [2.24, 2.45) is 5.73 Å². The van der Waals surface area contributed by atoms with Crippen LogP contribution in [0.2, 0.25) is 0 Å². The molecule has 106 valence electrons. The lowest BCUT2D eigenvalue weighted by atomic mass is 10.1. The van der Waals surface area contributed by atoms with Crippen LogP contribution in [0.3, 0.4) is 0 Å². The average Bonchev–Trinajstić information content (AvgIpc) is 2.89. The summed E-state index contributed by atoms with van der Waals surface area (Å²) in [6.45, 7) is 4.13. The number of rotatable bonds is 5. The monoisotopic (exact) mass is 290 g/mol. The van der Waals surface area contributed by atoms with Crippen molar-refractivity contribution in [3.8, 4) is 0 Å². The van der Waals surface area contributed by atoms with E-state index in [1.807, 2.05) is 19.2 Å². The molecule has 0 aliphatic rings. The molecular formula is C14H18N4OS. The van der Waals surface area contributed by atoms with Crippen LogP contribution in [0.4, 0.5) is 11.4 Å². The summed E-state index contributed by atoms with van der Waals surface area (Å²) in [6, 6.07) is 5.23. The molecule has 0 aliphatic carbocycles. The quantitative estimate of drug-likeness (QED) is 0.738. The number of hydrogen-bond acceptors (Lipinski definition) is 5. The molecule has 1 aromatic carbocycles. The molecule has 2 aromatic rings. The van der Waals surface area contributed by atoms with Gasteiger partial charge in [0.1, 0.15) is 5.01 Å². The molecule has 1 heterocycles. The third kappa shape index (κ3) is 3.08. The second-order valence-electron chi connectivity index (χ2n) is 4.55. The average molecular weight is 290 g/mol. The summed E-state index contributed by atoms with van der Waals surface area (Å²) in [4.78, 5) is 16.9. The lowest BCUT2D eigenvalue weighted by Crippen LogP contribution is -2.14. The van der Waals surface area contributed by atoms with Gasteiger partial charge in [0.25, 0.3) is 5.91 Å². The Morgan fingerprint density at radius 3 is 2.85 bits per heavy atom. The van der Waals surface area contributed by atoms with Crippen LogP contribution in [0.1, 0.15) is 40.1 Å². The first-order chi connectivity index (χ1) is 9.51. The Morgan fingerprint density at radius 1 is 1.50 bits per heavy atom. The normalized spacial score (nSPS) is 12.1. The van der Waals surface area contributed by atoms with Crippen molar-refractivity contribution in [1.29, 1.82) is 0 Å². The first-order valence-electron chi connectivity index (χ1n) is 6.41. The van der Waals surface area contributed by atoms with Crippen molar-refractivity contribution < 1.29 is 4.79 Å². The Bertz CT molecular complexity index is 623. The van der Waals surface area contributed by atoms with E-state index >= 15 is 0 Å². The van der Waals surface area contributed by atoms with Crippen molar-refractivity contribution in [3.63, 3.8) is 0 Å². The third-order valence-electron chi connectivity index (χ3n) is 2.99. The number of hydrogen-bond donors (Lipinski definition) is 3. The van der Waals surface area contributed by atoms with E-state index in [0.717, 1.165) is 17.1 Å². The lowest BCUT2D eigenvalue weighted by molar-refractivity contribution is 0.100. The molecule has 1 amide bonds. The molecule has 0 fully saturated rings. The molecule has 5 N–H and O–H groups in total. The summed E-state index contributed by atoms with van der Waals surface area (Å²) in [5, 5.41) is 4.32. The number of nitrogens with zero attached hydrogens (tertiary/aromatic N) is 1. The summed E-state index contributed by atoms with van der Waals surface area (Å²) in [7, 11) is 0. The molecular weight excluding hydrogens is 272 g/mol. The maximum Gasteiger partial charge on any atom is 0.250 e. The van der Waals surface area contributed by atoms with Gasteiger partial charge in [-0.25, -0.2) is 4.98 Å². The second kappa shape index (κ2) is 5.92. The van der Waals surface area contributed by atoms with E-state index in [2.05, 4.69) is 17.2 Å². The number of primary amides is 1. The van der Waals surface area contributed by atoms with Crippen LogP contribution in [-0.2, 0) is 6.42 Å². The maximum absolute atomic E-state index is 11.3. The second-order valence-corrected chi connectivity index (χ2v) is 5.70. The van der Waals surface area contributed by atoms with Crippen molar-refractivity contribution in [1.82, 2.24) is 4.98 Å². The first kappa shape index (κ1) is 14.3. The summed E-state index contributed by atoms with van der Waals surface area (Å²) >= 11 is 1.68. The van der Waals surface area contributed by atoms with E-state index in [4.69, 9.17) is 11.5 Å². The van der Waals surface area contributed by atoms with Gasteiger partial charge in [0, 0.05) is 22.4 Å². The molecule has 0 radical (unpaired) electrons. The minimum absolute atomic E-state index is 0.0599. The van der Waals surface area contributed by atoms with Gasteiger partial charge in [-0.05, 0) is 31.5 Å². The Labute approximate surface area is 122 Å². The van der Waals surface area contributed by atoms with Crippen LogP contribution >= 0.6 is 11.3 Å². The highest BCUT2D eigenvalue weighted by Crippen LogP contribution is 2.25. The zero-order valence-corrected chi connectivity index (χ0v) is 12.3. The third-order valence-corrected chi connectivity index (χ3v) is 4.32. The molecule has 0 aliphatic heterocycles. The van der Waals surface area contributed by atoms with Crippen LogP contribution in [-0.4, -0.2) is 10.9 Å². The lowest BCUT2D eigenvalue weighted by Gasteiger charge is -2.14. The first-order valence-corrected chi connectivity index (χ1v) is 7.23. The molecule has 0 saturated carbocycles. The number of carbonyl (C=O) groups excluding carboxylic acids is 1. The van der Waals surface area contributed by atoms with Gasteiger partial charge in [0.15, 0.2) is 0 Å². The van der Waals surface area contributed by atoms with E-state index in [1.165, 1.54) is 4.88 Å². The van der Waals surface area contributed by atoms with E-state index < -0.39 is 5.91 Å². The molecule has 20 heavy (non-hydrogen) atoms. The van der Waals surface area contributed by atoms with Crippen LogP contribution < -0.4 is 16.8 Å². The fourth-order valence-electron chi connectivity index (χ4n) is 1.86. The van der Waals surface area contributed by atoms with E-state index in [1.54, 1.807) is 23.5 Å². The molecule has 1 unspecified atom stereocenters. The molecule has 6 heteroatoms. The summed E-state index contributed by atoms with van der Waals surface area (Å²) in [5.74, 6) is -0.527. The number of aryl methyl sites for hydroxylation is 1. The number of amides is 1. The van der Waals surface area contributed by atoms with E-state index in [0.29, 0.717) is 11.3 Å². The van der Waals surface area contributed by atoms with Gasteiger partial charge in [-0.15, -0.1) is 11.3 Å². The number of benzene rings is 1. The van der Waals surface area contributed by atoms with E-state index in [9.17, 15) is 4.79 Å². The Morgan fingerprint density at radius 2 is 2.25 bits per heavy atom. The van der Waals surface area contributed by atoms with Gasteiger partial charge in [0.05, 0.1) is 11.6 Å². The standard InChI is InChI=1S/C14H18N4OS/c1-3-10-7-17-14(20-10)8(2)18-9-4-5-12(15)11(6-9)13(16)19/h4-8,18H,3,15H2,1-2H3,(H2,16,19). The minimum Gasteiger partial charge on any atom is -0.398 e. The smallest absolute Gasteiger partial charge is 0.250 e. The van der Waals surface area contributed by atoms with Gasteiger partial charge in [-0.3, -0.25) is 4.79 Å². The van der Waals surface area contributed by atoms with Gasteiger partial charge >= 0.3 is 0 Å². The number of nitrogen functional groups attached to an aromatic ring is 1. The van der Waals surface area contributed by atoms with Gasteiger partial charge < -0.3 is 16.8 Å². The van der Waals surface area contributed by atoms with Gasteiger partial charge in [0.2, 0.25) is 0 Å². The molecule has 0 spiro atoms. The largest absolute Gasteiger partial charge is 0.398 e. The van der Waals surface area contributed by atoms with Crippen LogP contribution in [0.15, 0.2) is 24.4 Å². The molecule has 2 rings (SSSR count). The van der Waals surface area contributed by atoms with Crippen molar-refractivity contribution in [2.75, 3.05) is 11.1 Å². The fourth-order valence-corrected chi connectivity index (χ4v) is 2.72. The highest BCUT2D eigenvalue weighted by Gasteiger charge is 2.12. The molecule has 0 saturated heterocycles. The summed E-state index contributed by atoms with van der Waals surface area (Å²) in [6.07, 6.45) is 2.88. The predicted molar refractivity (Wildman–Crippen MR) is 82.9 cm³/mol. The maximum atomic E-state index is 11.3. The van der Waals surface area contributed by atoms with Crippen molar-refractivity contribution in [3.05, 3.63) is 39.8 Å². The predicted octanol–water partition coefficient (Wildman–Crippen LogP) is 2.56. The molecule has 5 nitrogen and oxygen atoms in total. The van der Waals surface area contributed by atoms with Gasteiger partial charge in [-0.2, -0.15) is 0 Å². The zero-order valence-electron chi connectivity index (χ0n) is 11.5. The zero-order chi connectivity index (χ0) is 14.7. The van der Waals surface area contributed by atoms with Crippen molar-refractivity contribution in [2.45, 2.75) is 26.3 Å². The molecule has 1 atom stereocenters.